The molecule has 2 aromatic rings. The molecule has 1 aliphatic rings. The molecule has 3 heteroatoms. The average Bonchev–Trinajstić information content (AvgIpc) is 2.53. The van der Waals surface area contributed by atoms with Gasteiger partial charge in [-0.2, -0.15) is 5.26 Å². The second-order valence-electron chi connectivity index (χ2n) is 5.62. The number of nitriles is 1. The molecule has 106 valence electrons. The van der Waals surface area contributed by atoms with Crippen LogP contribution in [0.5, 0.6) is 5.75 Å². The Morgan fingerprint density at radius 1 is 1.29 bits per heavy atom. The number of rotatable bonds is 3. The molecule has 1 aliphatic carbocycles. The van der Waals surface area contributed by atoms with Gasteiger partial charge >= 0.3 is 0 Å². The van der Waals surface area contributed by atoms with Crippen molar-refractivity contribution in [2.75, 3.05) is 6.61 Å². The Morgan fingerprint density at radius 2 is 2.10 bits per heavy atom. The van der Waals surface area contributed by atoms with Crippen molar-refractivity contribution in [3.05, 3.63) is 48.2 Å². The highest BCUT2D eigenvalue weighted by Crippen LogP contribution is 2.30. The second kappa shape index (κ2) is 5.97. The van der Waals surface area contributed by atoms with Gasteiger partial charge in [0.05, 0.1) is 12.1 Å². The van der Waals surface area contributed by atoms with E-state index >= 15 is 0 Å². The molecular formula is C18H18N2O. The van der Waals surface area contributed by atoms with Crippen molar-refractivity contribution in [2.45, 2.75) is 19.8 Å². The molecule has 0 saturated carbocycles. The summed E-state index contributed by atoms with van der Waals surface area (Å²) in [6.45, 7) is 2.90. The van der Waals surface area contributed by atoms with Gasteiger partial charge < -0.3 is 4.74 Å². The highest BCUT2D eigenvalue weighted by Gasteiger charge is 2.20. The van der Waals surface area contributed by atoms with Crippen molar-refractivity contribution in [3.63, 3.8) is 0 Å². The van der Waals surface area contributed by atoms with Gasteiger partial charge in [-0.3, -0.25) is 4.98 Å². The third-order valence-electron chi connectivity index (χ3n) is 4.21. The predicted octanol–water partition coefficient (Wildman–Crippen LogP) is 4.09. The van der Waals surface area contributed by atoms with E-state index in [1.807, 2.05) is 24.3 Å². The number of hydrogen-bond acceptors (Lipinski definition) is 3. The lowest BCUT2D eigenvalue weighted by Gasteiger charge is -2.25. The van der Waals surface area contributed by atoms with E-state index in [0.29, 0.717) is 29.8 Å². The molecule has 0 fully saturated rings. The molecule has 0 radical (unpaired) electrons. The number of pyridine rings is 1. The fourth-order valence-electron chi connectivity index (χ4n) is 2.78. The fraction of sp³-hybridized carbons (Fsp3) is 0.333. The zero-order valence-electron chi connectivity index (χ0n) is 12.1. The Kier molecular flexibility index (Phi) is 3.87. The van der Waals surface area contributed by atoms with Gasteiger partial charge in [-0.05, 0) is 36.8 Å². The van der Waals surface area contributed by atoms with Crippen molar-refractivity contribution in [1.29, 1.82) is 5.26 Å². The van der Waals surface area contributed by atoms with Crippen molar-refractivity contribution >= 4 is 10.9 Å². The molecule has 0 bridgehead atoms. The van der Waals surface area contributed by atoms with E-state index in [4.69, 9.17) is 4.74 Å². The predicted molar refractivity (Wildman–Crippen MR) is 83.0 cm³/mol. The summed E-state index contributed by atoms with van der Waals surface area (Å²) < 4.78 is 6.05. The zero-order chi connectivity index (χ0) is 14.7. The lowest BCUT2D eigenvalue weighted by Crippen LogP contribution is -2.21. The van der Waals surface area contributed by atoms with E-state index in [9.17, 15) is 5.26 Å². The van der Waals surface area contributed by atoms with Gasteiger partial charge in [0.15, 0.2) is 0 Å². The first kappa shape index (κ1) is 13.6. The average molecular weight is 278 g/mol. The minimum atomic E-state index is 0.507. The third-order valence-corrected chi connectivity index (χ3v) is 4.21. The van der Waals surface area contributed by atoms with Crippen LogP contribution in [0.15, 0.2) is 42.6 Å². The Balaban J connectivity index is 1.89. The van der Waals surface area contributed by atoms with Crippen molar-refractivity contribution in [2.24, 2.45) is 11.8 Å². The number of nitrogens with zero attached hydrogens (tertiary/aromatic N) is 2. The van der Waals surface area contributed by atoms with Gasteiger partial charge in [0.1, 0.15) is 17.4 Å². The van der Waals surface area contributed by atoms with Gasteiger partial charge in [0.25, 0.3) is 0 Å². The number of fused-ring (bicyclic) bond motifs is 1. The summed E-state index contributed by atoms with van der Waals surface area (Å²) in [5.41, 5.74) is 1.37. The number of hydrogen-bond donors (Lipinski definition) is 0. The van der Waals surface area contributed by atoms with Crippen LogP contribution in [0, 0.1) is 23.2 Å². The van der Waals surface area contributed by atoms with Gasteiger partial charge in [-0.15, -0.1) is 0 Å². The lowest BCUT2D eigenvalue weighted by molar-refractivity contribution is 0.200. The summed E-state index contributed by atoms with van der Waals surface area (Å²) in [7, 11) is 0. The molecule has 1 heterocycles. The lowest BCUT2D eigenvalue weighted by atomic mass is 9.85. The number of benzene rings is 1. The first-order valence-electron chi connectivity index (χ1n) is 7.35. The van der Waals surface area contributed by atoms with Gasteiger partial charge in [-0.25, -0.2) is 0 Å². The molecule has 0 saturated heterocycles. The monoisotopic (exact) mass is 278 g/mol. The largest absolute Gasteiger partial charge is 0.491 e. The maximum absolute atomic E-state index is 9.29. The summed E-state index contributed by atoms with van der Waals surface area (Å²) in [6, 6.07) is 9.98. The maximum Gasteiger partial charge on any atom is 0.148 e. The van der Waals surface area contributed by atoms with Crippen LogP contribution in [0.2, 0.25) is 0 Å². The number of allylic oxidation sites excluding steroid dienone is 2. The van der Waals surface area contributed by atoms with E-state index in [2.05, 4.69) is 30.1 Å². The minimum Gasteiger partial charge on any atom is -0.491 e. The van der Waals surface area contributed by atoms with Gasteiger partial charge in [-0.1, -0.05) is 31.2 Å². The molecule has 3 rings (SSSR count). The van der Waals surface area contributed by atoms with Gasteiger partial charge in [0, 0.05) is 11.6 Å². The van der Waals surface area contributed by atoms with Crippen molar-refractivity contribution in [1.82, 2.24) is 4.98 Å². The molecule has 21 heavy (non-hydrogen) atoms. The molecule has 3 nitrogen and oxygen atoms in total. The zero-order valence-corrected chi connectivity index (χ0v) is 12.1. The van der Waals surface area contributed by atoms with Crippen LogP contribution >= 0.6 is 0 Å². The van der Waals surface area contributed by atoms with Crippen LogP contribution < -0.4 is 4.74 Å². The Morgan fingerprint density at radius 3 is 2.90 bits per heavy atom. The summed E-state index contributed by atoms with van der Waals surface area (Å²) in [4.78, 5) is 4.31. The normalized spacial score (nSPS) is 21.1. The summed E-state index contributed by atoms with van der Waals surface area (Å²) in [6.07, 6.45) is 8.22. The molecule has 1 aromatic heterocycles. The van der Waals surface area contributed by atoms with Crippen LogP contribution in [0.3, 0.4) is 0 Å². The van der Waals surface area contributed by atoms with Gasteiger partial charge in [0.2, 0.25) is 0 Å². The van der Waals surface area contributed by atoms with Crippen LogP contribution in [-0.2, 0) is 0 Å². The SMILES string of the molecule is CC1CC=CCC1COc1c(C#N)cnc2ccccc12. The minimum absolute atomic E-state index is 0.507. The summed E-state index contributed by atoms with van der Waals surface area (Å²) in [5, 5.41) is 10.2. The smallest absolute Gasteiger partial charge is 0.148 e. The highest BCUT2D eigenvalue weighted by molar-refractivity contribution is 5.87. The number of aromatic nitrogens is 1. The summed E-state index contributed by atoms with van der Waals surface area (Å²) in [5.74, 6) is 1.80. The Bertz CT molecular complexity index is 715. The summed E-state index contributed by atoms with van der Waals surface area (Å²) >= 11 is 0. The van der Waals surface area contributed by atoms with Crippen LogP contribution in [-0.4, -0.2) is 11.6 Å². The van der Waals surface area contributed by atoms with Crippen molar-refractivity contribution in [3.8, 4) is 11.8 Å². The highest BCUT2D eigenvalue weighted by atomic mass is 16.5. The molecule has 2 unspecified atom stereocenters. The first-order valence-corrected chi connectivity index (χ1v) is 7.35. The number of ether oxygens (including phenoxy) is 1. The quantitative estimate of drug-likeness (QED) is 0.794. The van der Waals surface area contributed by atoms with Crippen molar-refractivity contribution < 1.29 is 4.74 Å². The topological polar surface area (TPSA) is 45.9 Å². The van der Waals surface area contributed by atoms with E-state index in [0.717, 1.165) is 23.7 Å². The van der Waals surface area contributed by atoms with Crippen LogP contribution in [0.1, 0.15) is 25.3 Å². The molecule has 0 spiro atoms. The molecule has 0 N–H and O–H groups in total. The molecule has 1 aromatic carbocycles. The second-order valence-corrected chi connectivity index (χ2v) is 5.62. The van der Waals surface area contributed by atoms with Crippen LogP contribution in [0.25, 0.3) is 10.9 Å². The third kappa shape index (κ3) is 2.75. The van der Waals surface area contributed by atoms with Crippen LogP contribution in [0.4, 0.5) is 0 Å². The standard InChI is InChI=1S/C18H18N2O/c1-13-6-2-3-7-14(13)12-21-18-15(10-19)11-20-17-9-5-4-8-16(17)18/h2-5,8-9,11,13-14H,6-7,12H2,1H3. The fourth-order valence-corrected chi connectivity index (χ4v) is 2.78. The van der Waals surface area contributed by atoms with E-state index in [1.54, 1.807) is 6.20 Å². The molecule has 2 atom stereocenters. The van der Waals surface area contributed by atoms with E-state index in [-0.39, 0.29) is 0 Å². The Labute approximate surface area is 124 Å². The Hall–Kier alpha value is -2.34. The molecule has 0 amide bonds. The molecule has 0 aliphatic heterocycles. The first-order chi connectivity index (χ1) is 10.3. The molecular weight excluding hydrogens is 260 g/mol. The maximum atomic E-state index is 9.29. The van der Waals surface area contributed by atoms with E-state index < -0.39 is 0 Å². The number of para-hydroxylation sites is 1. The van der Waals surface area contributed by atoms with E-state index in [1.165, 1.54) is 0 Å².